The highest BCUT2D eigenvalue weighted by molar-refractivity contribution is 6.32. The van der Waals surface area contributed by atoms with E-state index in [0.717, 1.165) is 11.4 Å². The van der Waals surface area contributed by atoms with Gasteiger partial charge < -0.3 is 5.11 Å². The highest BCUT2D eigenvalue weighted by Gasteiger charge is 2.11. The summed E-state index contributed by atoms with van der Waals surface area (Å²) in [5, 5.41) is 9.72. The Morgan fingerprint density at radius 3 is 1.94 bits per heavy atom. The van der Waals surface area contributed by atoms with Crippen LogP contribution in [0.15, 0.2) is 42.5 Å². The summed E-state index contributed by atoms with van der Waals surface area (Å²) in [6.45, 7) is 2.09. The van der Waals surface area contributed by atoms with Gasteiger partial charge in [-0.05, 0) is 53.4 Å². The van der Waals surface area contributed by atoms with Crippen molar-refractivity contribution in [3.8, 4) is 16.9 Å². The van der Waals surface area contributed by atoms with E-state index in [1.807, 2.05) is 24.3 Å². The Bertz CT molecular complexity index is 468. The second kappa shape index (κ2) is 4.58. The highest BCUT2D eigenvalue weighted by Crippen LogP contribution is 2.37. The lowest BCUT2D eigenvalue weighted by molar-refractivity contribution is 0.475. The van der Waals surface area contributed by atoms with Gasteiger partial charge in [0.05, 0.1) is 0 Å². The van der Waals surface area contributed by atoms with Crippen LogP contribution in [0.2, 0.25) is 5.02 Å². The molecule has 0 amide bonds. The first-order valence-electron chi connectivity index (χ1n) is 5.28. The van der Waals surface area contributed by atoms with Crippen LogP contribution in [0.4, 0.5) is 0 Å². The van der Waals surface area contributed by atoms with Gasteiger partial charge in [0.15, 0.2) is 0 Å². The molecule has 0 fully saturated rings. The zero-order chi connectivity index (χ0) is 11.5. The van der Waals surface area contributed by atoms with Crippen molar-refractivity contribution in [1.29, 1.82) is 0 Å². The third-order valence-electron chi connectivity index (χ3n) is 2.49. The van der Waals surface area contributed by atoms with E-state index < -0.39 is 0 Å². The van der Waals surface area contributed by atoms with Crippen LogP contribution in [0, 0.1) is 0 Å². The van der Waals surface area contributed by atoms with Crippen molar-refractivity contribution in [2.45, 2.75) is 13.3 Å². The molecule has 0 heterocycles. The molecule has 0 spiro atoms. The number of fused-ring (bicyclic) bond motifs is 1. The lowest BCUT2D eigenvalue weighted by Gasteiger charge is -1.93. The Morgan fingerprint density at radius 1 is 1.00 bits per heavy atom. The molecule has 1 aromatic rings. The number of phenolic OH excluding ortho intramolecular Hbond substituents is 1. The molecular formula is C14H13ClO. The van der Waals surface area contributed by atoms with E-state index in [1.54, 1.807) is 12.1 Å². The van der Waals surface area contributed by atoms with Crippen molar-refractivity contribution in [1.82, 2.24) is 0 Å². The minimum Gasteiger partial charge on any atom is -0.508 e. The van der Waals surface area contributed by atoms with Gasteiger partial charge in [-0.25, -0.2) is 0 Å². The fourth-order valence-electron chi connectivity index (χ4n) is 1.45. The van der Waals surface area contributed by atoms with E-state index >= 15 is 0 Å². The lowest BCUT2D eigenvalue weighted by Crippen LogP contribution is -1.75. The second-order valence-electron chi connectivity index (χ2n) is 3.75. The molecule has 3 rings (SSSR count). The van der Waals surface area contributed by atoms with Gasteiger partial charge in [-0.1, -0.05) is 30.7 Å². The van der Waals surface area contributed by atoms with Crippen molar-refractivity contribution in [2.24, 2.45) is 0 Å². The minimum atomic E-state index is 0.340. The Hall–Kier alpha value is -1.47. The van der Waals surface area contributed by atoms with Crippen LogP contribution in [0.25, 0.3) is 11.1 Å². The summed E-state index contributed by atoms with van der Waals surface area (Å²) in [7, 11) is 0. The summed E-state index contributed by atoms with van der Waals surface area (Å²) in [5.41, 5.74) is 3.88. The van der Waals surface area contributed by atoms with E-state index in [0.29, 0.717) is 5.75 Å². The van der Waals surface area contributed by atoms with Gasteiger partial charge in [-0.3, -0.25) is 0 Å². The zero-order valence-electron chi connectivity index (χ0n) is 9.07. The molecule has 0 bridgehead atoms. The molecule has 2 aliphatic carbocycles. The van der Waals surface area contributed by atoms with Gasteiger partial charge in [-0.2, -0.15) is 0 Å². The van der Waals surface area contributed by atoms with E-state index in [-0.39, 0.29) is 0 Å². The van der Waals surface area contributed by atoms with Crippen LogP contribution < -0.4 is 0 Å². The molecule has 1 nitrogen and oxygen atoms in total. The quantitative estimate of drug-likeness (QED) is 0.664. The average molecular weight is 233 g/mol. The zero-order valence-corrected chi connectivity index (χ0v) is 9.83. The van der Waals surface area contributed by atoms with Crippen molar-refractivity contribution >= 4 is 11.6 Å². The number of aromatic hydroxyl groups is 1. The van der Waals surface area contributed by atoms with Gasteiger partial charge in [0, 0.05) is 5.02 Å². The monoisotopic (exact) mass is 232 g/mol. The van der Waals surface area contributed by atoms with Crippen LogP contribution in [0.5, 0.6) is 5.75 Å². The third kappa shape index (κ3) is 2.77. The Morgan fingerprint density at radius 2 is 1.56 bits per heavy atom. The summed E-state index contributed by atoms with van der Waals surface area (Å²) in [6.07, 6.45) is 1.03. The standard InChI is InChI=1S/C8H10O.C6H3Cl/c1-2-7-3-5-8(9)6-4-7;7-6-2-4-1-5(4)3-6/h3-6,9H,2H2,1H3;1-3H. The number of aryl methyl sites for hydroxylation is 1. The van der Waals surface area contributed by atoms with Gasteiger partial charge in [-0.15, -0.1) is 0 Å². The average Bonchev–Trinajstić information content (AvgIpc) is 2.89. The van der Waals surface area contributed by atoms with Crippen molar-refractivity contribution in [3.05, 3.63) is 53.1 Å². The predicted molar refractivity (Wildman–Crippen MR) is 67.9 cm³/mol. The maximum absolute atomic E-state index is 8.85. The number of rotatable bonds is 1. The topological polar surface area (TPSA) is 20.2 Å². The molecule has 0 unspecified atom stereocenters. The number of hydrogen-bond acceptors (Lipinski definition) is 1. The molecule has 0 atom stereocenters. The van der Waals surface area contributed by atoms with E-state index in [4.69, 9.17) is 16.7 Å². The summed E-state index contributed by atoms with van der Waals surface area (Å²) >= 11 is 5.58. The number of hydrogen-bond donors (Lipinski definition) is 1. The molecule has 0 aliphatic heterocycles. The van der Waals surface area contributed by atoms with Crippen LogP contribution in [0.3, 0.4) is 0 Å². The predicted octanol–water partition coefficient (Wildman–Crippen LogP) is 4.28. The first-order valence-corrected chi connectivity index (χ1v) is 5.65. The van der Waals surface area contributed by atoms with Gasteiger partial charge in [0.2, 0.25) is 0 Å². The Labute approximate surface area is 100 Å². The number of phenols is 1. The molecule has 0 saturated carbocycles. The molecule has 1 N–H and O–H groups in total. The molecule has 0 aromatic heterocycles. The van der Waals surface area contributed by atoms with Crippen molar-refractivity contribution in [3.63, 3.8) is 0 Å². The molecular weight excluding hydrogens is 220 g/mol. The Balaban J connectivity index is 0.000000123. The van der Waals surface area contributed by atoms with Crippen LogP contribution in [-0.2, 0) is 6.42 Å². The second-order valence-corrected chi connectivity index (χ2v) is 4.19. The maximum Gasteiger partial charge on any atom is 0.115 e. The molecule has 0 radical (unpaired) electrons. The van der Waals surface area contributed by atoms with Crippen molar-refractivity contribution < 1.29 is 5.11 Å². The summed E-state index contributed by atoms with van der Waals surface area (Å²) in [5.74, 6) is 0.340. The summed E-state index contributed by atoms with van der Waals surface area (Å²) in [6, 6.07) is 13.3. The molecule has 0 saturated heterocycles. The Kier molecular flexibility index (Phi) is 3.16. The molecule has 82 valence electrons. The van der Waals surface area contributed by atoms with Gasteiger partial charge in [0.25, 0.3) is 0 Å². The summed E-state index contributed by atoms with van der Waals surface area (Å²) in [4.78, 5) is 0. The van der Waals surface area contributed by atoms with Crippen LogP contribution in [-0.4, -0.2) is 5.11 Å². The molecule has 1 aromatic carbocycles. The lowest BCUT2D eigenvalue weighted by atomic mass is 10.2. The first kappa shape index (κ1) is 11.0. The fourth-order valence-corrected chi connectivity index (χ4v) is 1.69. The largest absolute Gasteiger partial charge is 0.508 e. The maximum atomic E-state index is 8.85. The third-order valence-corrected chi connectivity index (χ3v) is 2.71. The van der Waals surface area contributed by atoms with Crippen LogP contribution in [0.1, 0.15) is 12.5 Å². The van der Waals surface area contributed by atoms with Gasteiger partial charge in [0.1, 0.15) is 5.75 Å². The first-order chi connectivity index (χ1) is 7.69. The normalized spacial score (nSPS) is 10.4. The van der Waals surface area contributed by atoms with E-state index in [2.05, 4.69) is 13.0 Å². The molecule has 2 aliphatic rings. The number of benzene rings is 2. The fraction of sp³-hybridized carbons (Fsp3) is 0.143. The number of halogens is 1. The highest BCUT2D eigenvalue weighted by atomic mass is 35.5. The summed E-state index contributed by atoms with van der Waals surface area (Å²) < 4.78 is 0. The van der Waals surface area contributed by atoms with E-state index in [9.17, 15) is 0 Å². The van der Waals surface area contributed by atoms with E-state index in [1.165, 1.54) is 16.7 Å². The smallest absolute Gasteiger partial charge is 0.115 e. The minimum absolute atomic E-state index is 0.340. The molecule has 2 heteroatoms. The van der Waals surface area contributed by atoms with Gasteiger partial charge >= 0.3 is 0 Å². The van der Waals surface area contributed by atoms with Crippen LogP contribution >= 0.6 is 11.6 Å². The SMILES string of the molecule is CCc1ccc(O)cc1.Clc1cc2cc-2c1. The van der Waals surface area contributed by atoms with Crippen molar-refractivity contribution in [2.75, 3.05) is 0 Å². The molecule has 16 heavy (non-hydrogen) atoms.